The molecule has 1 aliphatic carbocycles. The van der Waals surface area contributed by atoms with Gasteiger partial charge in [-0.05, 0) is 48.6 Å². The van der Waals surface area contributed by atoms with Crippen molar-refractivity contribution in [2.45, 2.75) is 12.8 Å². The smallest absolute Gasteiger partial charge is 0.269 e. The zero-order valence-corrected chi connectivity index (χ0v) is 13.0. The number of nitro benzene ring substituents is 1. The summed E-state index contributed by atoms with van der Waals surface area (Å²) in [5, 5.41) is 11.4. The molecule has 2 N–H and O–H groups in total. The van der Waals surface area contributed by atoms with Crippen LogP contribution in [0, 0.1) is 16.0 Å². The van der Waals surface area contributed by atoms with E-state index in [2.05, 4.69) is 0 Å². The summed E-state index contributed by atoms with van der Waals surface area (Å²) in [6, 6.07) is 13.7. The third-order valence-corrected chi connectivity index (χ3v) is 4.10. The van der Waals surface area contributed by atoms with Crippen LogP contribution in [0.4, 0.5) is 5.69 Å². The average molecular weight is 331 g/mol. The van der Waals surface area contributed by atoms with Gasteiger partial charge in [0, 0.05) is 28.3 Å². The van der Waals surface area contributed by atoms with E-state index in [4.69, 9.17) is 22.3 Å². The van der Waals surface area contributed by atoms with E-state index >= 15 is 0 Å². The van der Waals surface area contributed by atoms with Gasteiger partial charge in [-0.25, -0.2) is 0 Å². The Labute approximate surface area is 138 Å². The largest absolute Gasteiger partial charge is 0.411 e. The lowest BCUT2D eigenvalue weighted by molar-refractivity contribution is -0.384. The minimum Gasteiger partial charge on any atom is -0.411 e. The van der Waals surface area contributed by atoms with Gasteiger partial charge in [0.25, 0.3) is 5.69 Å². The van der Waals surface area contributed by atoms with Gasteiger partial charge in [0.05, 0.1) is 4.92 Å². The number of benzene rings is 2. The van der Waals surface area contributed by atoms with Crippen molar-refractivity contribution < 1.29 is 9.76 Å². The second-order valence-corrected chi connectivity index (χ2v) is 5.88. The summed E-state index contributed by atoms with van der Waals surface area (Å²) < 4.78 is 0. The van der Waals surface area contributed by atoms with Crippen molar-refractivity contribution in [1.29, 1.82) is 0 Å². The number of hydrogen-bond acceptors (Lipinski definition) is 4. The van der Waals surface area contributed by atoms with E-state index < -0.39 is 4.92 Å². The summed E-state index contributed by atoms with van der Waals surface area (Å²) in [4.78, 5) is 15.5. The molecule has 23 heavy (non-hydrogen) atoms. The Bertz CT molecular complexity index is 750. The number of nitrogens with zero attached hydrogens (tertiary/aromatic N) is 1. The SMILES string of the molecule is NO/C(=C(/c1ccc(Cl)cc1)C1CC1)c1ccc([N+](=O)[O-])cc1. The van der Waals surface area contributed by atoms with Crippen LogP contribution in [-0.4, -0.2) is 4.92 Å². The molecule has 0 atom stereocenters. The number of halogens is 1. The van der Waals surface area contributed by atoms with E-state index in [9.17, 15) is 10.1 Å². The van der Waals surface area contributed by atoms with Gasteiger partial charge in [0.15, 0.2) is 5.76 Å². The molecular weight excluding hydrogens is 316 g/mol. The van der Waals surface area contributed by atoms with E-state index in [-0.39, 0.29) is 5.69 Å². The quantitative estimate of drug-likeness (QED) is 0.381. The van der Waals surface area contributed by atoms with Gasteiger partial charge in [-0.1, -0.05) is 23.7 Å². The van der Waals surface area contributed by atoms with Crippen molar-refractivity contribution >= 4 is 28.6 Å². The van der Waals surface area contributed by atoms with Crippen LogP contribution < -0.4 is 5.90 Å². The summed E-state index contributed by atoms with van der Waals surface area (Å²) in [5.41, 5.74) is 2.76. The maximum Gasteiger partial charge on any atom is 0.269 e. The Kier molecular flexibility index (Phi) is 4.32. The second kappa shape index (κ2) is 6.40. The summed E-state index contributed by atoms with van der Waals surface area (Å²) in [6.07, 6.45) is 2.13. The summed E-state index contributed by atoms with van der Waals surface area (Å²) >= 11 is 5.95. The maximum atomic E-state index is 10.8. The molecule has 5 nitrogen and oxygen atoms in total. The highest BCUT2D eigenvalue weighted by atomic mass is 35.5. The number of hydrogen-bond donors (Lipinski definition) is 1. The molecule has 0 unspecified atom stereocenters. The van der Waals surface area contributed by atoms with Crippen LogP contribution in [0.1, 0.15) is 24.0 Å². The number of rotatable bonds is 5. The molecule has 0 heterocycles. The van der Waals surface area contributed by atoms with Gasteiger partial charge in [-0.3, -0.25) is 10.1 Å². The van der Waals surface area contributed by atoms with Crippen molar-refractivity contribution in [2.75, 3.05) is 0 Å². The Morgan fingerprint density at radius 3 is 2.13 bits per heavy atom. The van der Waals surface area contributed by atoms with Crippen LogP contribution in [-0.2, 0) is 4.84 Å². The first-order chi connectivity index (χ1) is 11.1. The fourth-order valence-electron chi connectivity index (χ4n) is 2.58. The van der Waals surface area contributed by atoms with Crippen molar-refractivity contribution in [3.63, 3.8) is 0 Å². The van der Waals surface area contributed by atoms with Crippen LogP contribution >= 0.6 is 11.6 Å². The normalized spacial score (nSPS) is 15.0. The van der Waals surface area contributed by atoms with Gasteiger partial charge in [-0.15, -0.1) is 0 Å². The van der Waals surface area contributed by atoms with Gasteiger partial charge in [0.1, 0.15) is 0 Å². The maximum absolute atomic E-state index is 10.8. The molecule has 0 radical (unpaired) electrons. The van der Waals surface area contributed by atoms with Crippen molar-refractivity contribution in [3.05, 3.63) is 74.8 Å². The van der Waals surface area contributed by atoms with Crippen LogP contribution in [0.2, 0.25) is 5.02 Å². The number of allylic oxidation sites excluding steroid dienone is 1. The standard InChI is InChI=1S/C17H15ClN2O3/c18-14-7-3-12(4-8-14)16(11-1-2-11)17(23-19)13-5-9-15(10-6-13)20(21)22/h3-11H,1-2,19H2/b17-16+. The summed E-state index contributed by atoms with van der Waals surface area (Å²) in [5.74, 6) is 6.44. The molecule has 0 aliphatic heterocycles. The van der Waals surface area contributed by atoms with Crippen LogP contribution in [0.3, 0.4) is 0 Å². The molecule has 2 aromatic carbocycles. The molecule has 0 aromatic heterocycles. The van der Waals surface area contributed by atoms with E-state index in [0.29, 0.717) is 16.7 Å². The third-order valence-electron chi connectivity index (χ3n) is 3.84. The fourth-order valence-corrected chi connectivity index (χ4v) is 2.70. The fraction of sp³-hybridized carbons (Fsp3) is 0.176. The van der Waals surface area contributed by atoms with Gasteiger partial charge in [-0.2, -0.15) is 5.90 Å². The molecule has 1 fully saturated rings. The Balaban J connectivity index is 2.07. The van der Waals surface area contributed by atoms with E-state index in [1.807, 2.05) is 24.3 Å². The molecule has 3 rings (SSSR count). The molecule has 6 heteroatoms. The van der Waals surface area contributed by atoms with Gasteiger partial charge >= 0.3 is 0 Å². The van der Waals surface area contributed by atoms with Gasteiger partial charge < -0.3 is 4.84 Å². The lowest BCUT2D eigenvalue weighted by Crippen LogP contribution is -2.04. The molecule has 118 valence electrons. The highest BCUT2D eigenvalue weighted by Gasteiger charge is 2.31. The Hall–Kier alpha value is -2.37. The lowest BCUT2D eigenvalue weighted by Gasteiger charge is -2.14. The molecule has 0 spiro atoms. The average Bonchev–Trinajstić information content (AvgIpc) is 3.38. The third kappa shape index (κ3) is 3.36. The molecular formula is C17H15ClN2O3. The lowest BCUT2D eigenvalue weighted by atomic mass is 9.97. The summed E-state index contributed by atoms with van der Waals surface area (Å²) in [7, 11) is 0. The topological polar surface area (TPSA) is 78.4 Å². The molecule has 1 saturated carbocycles. The second-order valence-electron chi connectivity index (χ2n) is 5.45. The number of non-ortho nitro benzene ring substituents is 1. The van der Waals surface area contributed by atoms with Crippen LogP contribution in [0.5, 0.6) is 0 Å². The van der Waals surface area contributed by atoms with Gasteiger partial charge in [0.2, 0.25) is 0 Å². The van der Waals surface area contributed by atoms with E-state index in [1.165, 1.54) is 12.1 Å². The van der Waals surface area contributed by atoms with Crippen LogP contribution in [0.25, 0.3) is 11.3 Å². The highest BCUT2D eigenvalue weighted by molar-refractivity contribution is 6.30. The Morgan fingerprint density at radius 1 is 1.09 bits per heavy atom. The first kappa shape index (κ1) is 15.5. The number of nitrogens with two attached hydrogens (primary N) is 1. The molecule has 1 aliphatic rings. The molecule has 0 amide bonds. The predicted molar refractivity (Wildman–Crippen MR) is 89.4 cm³/mol. The monoisotopic (exact) mass is 330 g/mol. The first-order valence-electron chi connectivity index (χ1n) is 7.22. The van der Waals surface area contributed by atoms with E-state index in [0.717, 1.165) is 29.5 Å². The van der Waals surface area contributed by atoms with Crippen molar-refractivity contribution in [2.24, 2.45) is 11.8 Å². The molecule has 2 aromatic rings. The zero-order valence-electron chi connectivity index (χ0n) is 12.2. The zero-order chi connectivity index (χ0) is 16.4. The van der Waals surface area contributed by atoms with E-state index in [1.54, 1.807) is 12.1 Å². The van der Waals surface area contributed by atoms with Crippen molar-refractivity contribution in [3.8, 4) is 0 Å². The highest BCUT2D eigenvalue weighted by Crippen LogP contribution is 2.46. The molecule has 0 saturated heterocycles. The summed E-state index contributed by atoms with van der Waals surface area (Å²) in [6.45, 7) is 0. The number of nitro groups is 1. The minimum atomic E-state index is -0.433. The molecule has 0 bridgehead atoms. The predicted octanol–water partition coefficient (Wildman–Crippen LogP) is 4.42. The van der Waals surface area contributed by atoms with Crippen molar-refractivity contribution in [1.82, 2.24) is 0 Å². The minimum absolute atomic E-state index is 0.0320. The first-order valence-corrected chi connectivity index (χ1v) is 7.59. The Morgan fingerprint density at radius 2 is 1.65 bits per heavy atom. The van der Waals surface area contributed by atoms with Crippen LogP contribution in [0.15, 0.2) is 48.5 Å².